The van der Waals surface area contributed by atoms with Crippen LogP contribution in [0.2, 0.25) is 0 Å². The van der Waals surface area contributed by atoms with Crippen molar-refractivity contribution in [3.8, 4) is 0 Å². The SMILES string of the molecule is CN=CC(C(=N)/C=C\C(N)=NCC1CC12CCN(CC1CCCOC1)CC2)=C(C)N. The molecule has 2 unspecified atom stereocenters. The molecule has 0 bridgehead atoms. The number of rotatable bonds is 8. The molecule has 5 N–H and O–H groups in total. The van der Waals surface area contributed by atoms with Gasteiger partial charge >= 0.3 is 0 Å². The van der Waals surface area contributed by atoms with Gasteiger partial charge in [0.2, 0.25) is 0 Å². The first-order valence-corrected chi connectivity index (χ1v) is 11.2. The Kier molecular flexibility index (Phi) is 7.83. The van der Waals surface area contributed by atoms with Crippen LogP contribution in [-0.2, 0) is 4.74 Å². The first-order chi connectivity index (χ1) is 14.4. The van der Waals surface area contributed by atoms with E-state index in [1.54, 1.807) is 32.3 Å². The molecule has 7 nitrogen and oxygen atoms in total. The summed E-state index contributed by atoms with van der Waals surface area (Å²) in [6, 6.07) is 0. The van der Waals surface area contributed by atoms with Crippen LogP contribution in [0.4, 0.5) is 0 Å². The molecule has 1 saturated carbocycles. The van der Waals surface area contributed by atoms with Gasteiger partial charge in [-0.3, -0.25) is 9.98 Å². The van der Waals surface area contributed by atoms with Crippen LogP contribution in [0.3, 0.4) is 0 Å². The number of amidine groups is 1. The number of hydrogen-bond acceptors (Lipinski definition) is 6. The van der Waals surface area contributed by atoms with Crippen molar-refractivity contribution in [2.24, 2.45) is 38.7 Å². The standard InChI is InChI=1S/C23H38N6O/c1-17(24)20(14-27-2)21(25)5-6-22(26)28-13-19-12-23(19)7-9-29(10-8-23)15-18-4-3-11-30-16-18/h5-6,14,18-19,25H,3-4,7-13,15-16,24H2,1-2H3,(H2,26,28)/b6-5-,20-17?,25-21?,27-14?. The average molecular weight is 415 g/mol. The third-order valence-electron chi connectivity index (χ3n) is 6.87. The number of aliphatic imine (C=N–C) groups is 2. The lowest BCUT2D eigenvalue weighted by atomic mass is 9.90. The highest BCUT2D eigenvalue weighted by molar-refractivity contribution is 6.21. The van der Waals surface area contributed by atoms with Crippen LogP contribution in [0.15, 0.2) is 33.4 Å². The zero-order valence-corrected chi connectivity index (χ0v) is 18.6. The highest BCUT2D eigenvalue weighted by Crippen LogP contribution is 2.59. The molecule has 0 amide bonds. The second-order valence-corrected chi connectivity index (χ2v) is 9.14. The molecule has 0 aromatic rings. The molecule has 1 aliphatic carbocycles. The van der Waals surface area contributed by atoms with Crippen molar-refractivity contribution in [2.75, 3.05) is 46.4 Å². The summed E-state index contributed by atoms with van der Waals surface area (Å²) in [5, 5.41) is 8.13. The van der Waals surface area contributed by atoms with Crippen molar-refractivity contribution < 1.29 is 4.74 Å². The smallest absolute Gasteiger partial charge is 0.118 e. The minimum absolute atomic E-state index is 0.289. The summed E-state index contributed by atoms with van der Waals surface area (Å²) < 4.78 is 5.63. The predicted octanol–water partition coefficient (Wildman–Crippen LogP) is 2.38. The van der Waals surface area contributed by atoms with Gasteiger partial charge < -0.3 is 26.5 Å². The predicted molar refractivity (Wildman–Crippen MR) is 124 cm³/mol. The molecule has 2 heterocycles. The van der Waals surface area contributed by atoms with Crippen LogP contribution < -0.4 is 11.5 Å². The molecule has 2 saturated heterocycles. The monoisotopic (exact) mass is 414 g/mol. The summed E-state index contributed by atoms with van der Waals surface area (Å²) in [7, 11) is 1.66. The topological polar surface area (TPSA) is 113 Å². The van der Waals surface area contributed by atoms with Gasteiger partial charge in [-0.2, -0.15) is 0 Å². The minimum atomic E-state index is 0.289. The number of likely N-dealkylation sites (tertiary alicyclic amines) is 1. The molecule has 0 aromatic carbocycles. The summed E-state index contributed by atoms with van der Waals surface area (Å²) in [6.45, 7) is 8.04. The third kappa shape index (κ3) is 6.01. The molecular weight excluding hydrogens is 376 g/mol. The van der Waals surface area contributed by atoms with Crippen molar-refractivity contribution in [3.63, 3.8) is 0 Å². The maximum atomic E-state index is 8.13. The van der Waals surface area contributed by atoms with E-state index in [4.69, 9.17) is 21.6 Å². The van der Waals surface area contributed by atoms with Gasteiger partial charge in [-0.25, -0.2) is 0 Å². The lowest BCUT2D eigenvalue weighted by molar-refractivity contribution is 0.0309. The normalized spacial score (nSPS) is 28.3. The Morgan fingerprint density at radius 3 is 2.67 bits per heavy atom. The van der Waals surface area contributed by atoms with E-state index in [0.29, 0.717) is 28.4 Å². The van der Waals surface area contributed by atoms with Gasteiger partial charge in [-0.05, 0) is 81.5 Å². The highest BCUT2D eigenvalue weighted by Gasteiger charge is 2.54. The van der Waals surface area contributed by atoms with Crippen LogP contribution in [0.5, 0.6) is 0 Å². The Labute approximate surface area is 180 Å². The zero-order chi connectivity index (χ0) is 21.6. The fourth-order valence-electron chi connectivity index (χ4n) is 4.84. The second-order valence-electron chi connectivity index (χ2n) is 9.14. The van der Waals surface area contributed by atoms with E-state index in [1.807, 2.05) is 0 Å². The van der Waals surface area contributed by atoms with E-state index in [1.165, 1.54) is 51.7 Å². The van der Waals surface area contributed by atoms with Crippen molar-refractivity contribution >= 4 is 17.8 Å². The summed E-state index contributed by atoms with van der Waals surface area (Å²) >= 11 is 0. The Morgan fingerprint density at radius 1 is 1.27 bits per heavy atom. The van der Waals surface area contributed by atoms with E-state index in [9.17, 15) is 0 Å². The van der Waals surface area contributed by atoms with Crippen LogP contribution >= 0.6 is 0 Å². The molecular formula is C23H38N6O. The third-order valence-corrected chi connectivity index (χ3v) is 6.87. The van der Waals surface area contributed by atoms with E-state index in [-0.39, 0.29) is 5.71 Å². The number of piperidine rings is 1. The van der Waals surface area contributed by atoms with Gasteiger partial charge in [0.05, 0.1) is 12.3 Å². The van der Waals surface area contributed by atoms with E-state index in [0.717, 1.165) is 25.7 Å². The molecule has 0 radical (unpaired) electrons. The lowest BCUT2D eigenvalue weighted by Crippen LogP contribution is -2.40. The molecule has 2 atom stereocenters. The number of hydrogen-bond donors (Lipinski definition) is 3. The first kappa shape index (κ1) is 22.7. The quantitative estimate of drug-likeness (QED) is 0.418. The molecule has 3 fully saturated rings. The Bertz CT molecular complexity index is 720. The van der Waals surface area contributed by atoms with Crippen molar-refractivity contribution in [1.82, 2.24) is 4.90 Å². The molecule has 166 valence electrons. The summed E-state index contributed by atoms with van der Waals surface area (Å²) in [6.07, 6.45) is 11.3. The molecule has 7 heteroatoms. The molecule has 3 rings (SSSR count). The number of nitrogens with one attached hydrogen (secondary N) is 1. The molecule has 0 aromatic heterocycles. The van der Waals surface area contributed by atoms with Crippen LogP contribution in [-0.4, -0.2) is 69.1 Å². The highest BCUT2D eigenvalue weighted by atomic mass is 16.5. The zero-order valence-electron chi connectivity index (χ0n) is 18.6. The van der Waals surface area contributed by atoms with Crippen molar-refractivity contribution in [3.05, 3.63) is 23.4 Å². The Balaban J connectivity index is 1.42. The van der Waals surface area contributed by atoms with E-state index < -0.39 is 0 Å². The van der Waals surface area contributed by atoms with Gasteiger partial charge in [0, 0.05) is 44.2 Å². The Morgan fingerprint density at radius 2 is 2.03 bits per heavy atom. The maximum Gasteiger partial charge on any atom is 0.118 e. The fourth-order valence-corrected chi connectivity index (χ4v) is 4.84. The van der Waals surface area contributed by atoms with Gasteiger partial charge in [-0.1, -0.05) is 0 Å². The van der Waals surface area contributed by atoms with Crippen LogP contribution in [0.1, 0.15) is 39.0 Å². The Hall–Kier alpha value is -1.99. The maximum absolute atomic E-state index is 8.13. The number of allylic oxidation sites excluding steroid dienone is 3. The first-order valence-electron chi connectivity index (χ1n) is 11.2. The van der Waals surface area contributed by atoms with E-state index >= 15 is 0 Å². The van der Waals surface area contributed by atoms with Gasteiger partial charge in [-0.15, -0.1) is 0 Å². The van der Waals surface area contributed by atoms with E-state index in [2.05, 4.69) is 14.9 Å². The summed E-state index contributed by atoms with van der Waals surface area (Å²) in [4.78, 5) is 11.2. The molecule has 2 aliphatic heterocycles. The lowest BCUT2D eigenvalue weighted by Gasteiger charge is -2.36. The van der Waals surface area contributed by atoms with Crippen molar-refractivity contribution in [2.45, 2.75) is 39.0 Å². The number of ether oxygens (including phenoxy) is 1. The van der Waals surface area contributed by atoms with Gasteiger partial charge in [0.1, 0.15) is 5.84 Å². The second kappa shape index (κ2) is 10.4. The average Bonchev–Trinajstić information content (AvgIpc) is 3.43. The fraction of sp³-hybridized carbons (Fsp3) is 0.696. The van der Waals surface area contributed by atoms with Gasteiger partial charge in [0.25, 0.3) is 0 Å². The number of nitrogens with zero attached hydrogens (tertiary/aromatic N) is 3. The van der Waals surface area contributed by atoms with Crippen molar-refractivity contribution in [1.29, 1.82) is 5.41 Å². The molecule has 3 aliphatic rings. The number of nitrogens with two attached hydrogens (primary N) is 2. The molecule has 30 heavy (non-hydrogen) atoms. The summed E-state index contributed by atoms with van der Waals surface area (Å²) in [5.74, 6) is 1.84. The minimum Gasteiger partial charge on any atom is -0.402 e. The van der Waals surface area contributed by atoms with Gasteiger partial charge in [0.15, 0.2) is 0 Å². The van der Waals surface area contributed by atoms with Crippen LogP contribution in [0, 0.1) is 22.7 Å². The summed E-state index contributed by atoms with van der Waals surface area (Å²) in [5.41, 5.74) is 13.8. The van der Waals surface area contributed by atoms with Crippen LogP contribution in [0.25, 0.3) is 0 Å². The largest absolute Gasteiger partial charge is 0.402 e. The molecule has 1 spiro atoms.